The second kappa shape index (κ2) is 7.00. The van der Waals surface area contributed by atoms with E-state index >= 15 is 0 Å². The Morgan fingerprint density at radius 3 is 2.63 bits per heavy atom. The van der Waals surface area contributed by atoms with Crippen molar-refractivity contribution in [2.75, 3.05) is 11.9 Å². The molecule has 2 aromatic heterocycles. The molecule has 27 heavy (non-hydrogen) atoms. The Labute approximate surface area is 153 Å². The van der Waals surface area contributed by atoms with Gasteiger partial charge in [-0.15, -0.1) is 0 Å². The average Bonchev–Trinajstić information content (AvgIpc) is 3.25. The summed E-state index contributed by atoms with van der Waals surface area (Å²) < 4.78 is 6.93. The minimum absolute atomic E-state index is 0.208. The fourth-order valence-electron chi connectivity index (χ4n) is 3.01. The number of amides is 1. The van der Waals surface area contributed by atoms with Crippen LogP contribution in [0.4, 0.5) is 5.82 Å². The summed E-state index contributed by atoms with van der Waals surface area (Å²) in [5.74, 6) is -0.141. The van der Waals surface area contributed by atoms with Gasteiger partial charge in [0.1, 0.15) is 24.6 Å². The quantitative estimate of drug-likeness (QED) is 0.358. The Bertz CT molecular complexity index is 963. The number of aliphatic hydroxyl groups excluding tert-OH is 3. The molecule has 0 unspecified atom stereocenters. The number of anilines is 1. The van der Waals surface area contributed by atoms with Crippen molar-refractivity contribution < 1.29 is 24.9 Å². The van der Waals surface area contributed by atoms with Gasteiger partial charge in [-0.3, -0.25) is 9.36 Å². The average molecular weight is 377 g/mol. The Balaban J connectivity index is 1.65. The molecule has 1 aliphatic heterocycles. The van der Waals surface area contributed by atoms with E-state index < -0.39 is 31.1 Å². The number of aliphatic hydroxyl groups is 3. The van der Waals surface area contributed by atoms with Gasteiger partial charge in [-0.1, -0.05) is 18.2 Å². The number of hydrogen-bond donors (Lipinski definition) is 4. The number of hydrogen-bond acceptors (Lipinski definition) is 8. The molecule has 0 aliphatic carbocycles. The highest BCUT2D eigenvalue weighted by Crippen LogP contribution is 2.32. The SMILES string of the molecule is O=C([15NH]c1ncnc2c1ncn2[13C@@H]1O[13C@H]([13CH2]O)[13C@@H](O)[13C@H]1O)c1ccccc1. The van der Waals surface area contributed by atoms with E-state index in [4.69, 9.17) is 4.74 Å². The molecule has 0 spiro atoms. The van der Waals surface area contributed by atoms with Crippen molar-refractivity contribution in [1.82, 2.24) is 19.5 Å². The molecular formula is C17H17N5O5. The molecule has 3 heterocycles. The lowest BCUT2D eigenvalue weighted by Gasteiger charge is -2.16. The van der Waals surface area contributed by atoms with Crippen LogP contribution in [0.25, 0.3) is 11.2 Å². The highest BCUT2D eigenvalue weighted by atomic mass is 16.8. The zero-order valence-electron chi connectivity index (χ0n) is 14.0. The molecule has 10 nitrogen and oxygen atoms in total. The van der Waals surface area contributed by atoms with Crippen LogP contribution < -0.4 is 5.32 Å². The Kier molecular flexibility index (Phi) is 4.54. The zero-order valence-corrected chi connectivity index (χ0v) is 14.0. The standard InChI is InChI=1S/C17H17N5O5/c23-6-10-12(24)13(25)17(27-10)22-8-20-11-14(18-7-19-15(11)22)21-16(26)9-4-2-1-3-5-9/h1-5,7-8,10,12-13,17,23-25H,6H2,(H,18,19,21,26)/t10-,12-,13-,17-/m1/s1/i6+1,10+1,12+1,13+1,17+1,21+1. The molecule has 140 valence electrons. The van der Waals surface area contributed by atoms with Crippen molar-refractivity contribution in [1.29, 1.82) is 0 Å². The molecule has 0 radical (unpaired) electrons. The number of aromatic nitrogens is 4. The largest absolute Gasteiger partial charge is 0.394 e. The van der Waals surface area contributed by atoms with E-state index in [0.717, 1.165) is 0 Å². The van der Waals surface area contributed by atoms with Crippen molar-refractivity contribution in [2.24, 2.45) is 0 Å². The molecule has 1 fully saturated rings. The highest BCUT2D eigenvalue weighted by Gasteiger charge is 2.44. The number of imidazole rings is 1. The summed E-state index contributed by atoms with van der Waals surface area (Å²) in [6.45, 7) is -0.436. The molecule has 0 bridgehead atoms. The van der Waals surface area contributed by atoms with Crippen molar-refractivity contribution in [3.8, 4) is 0 Å². The molecule has 1 amide bonds. The fourth-order valence-corrected chi connectivity index (χ4v) is 3.01. The lowest BCUT2D eigenvalue weighted by molar-refractivity contribution is -0.0511. The summed E-state index contributed by atoms with van der Waals surface area (Å²) in [5, 5.41) is 32.1. The van der Waals surface area contributed by atoms with Crippen LogP contribution in [-0.2, 0) is 4.74 Å². The van der Waals surface area contributed by atoms with Crippen molar-refractivity contribution in [3.05, 3.63) is 48.5 Å². The number of carbonyl (C=O) groups is 1. The molecule has 0 saturated carbocycles. The van der Waals surface area contributed by atoms with Gasteiger partial charge in [-0.05, 0) is 12.1 Å². The Morgan fingerprint density at radius 1 is 1.15 bits per heavy atom. The van der Waals surface area contributed by atoms with E-state index in [1.165, 1.54) is 17.2 Å². The van der Waals surface area contributed by atoms with Gasteiger partial charge in [0.15, 0.2) is 23.2 Å². The molecule has 1 aromatic carbocycles. The van der Waals surface area contributed by atoms with Gasteiger partial charge in [-0.2, -0.15) is 0 Å². The van der Waals surface area contributed by atoms with Gasteiger partial charge in [0.2, 0.25) is 0 Å². The molecule has 1 saturated heterocycles. The predicted octanol–water partition coefficient (Wildman–Crippen LogP) is -0.310. The summed E-state index contributed by atoms with van der Waals surface area (Å²) in [7, 11) is 0. The summed E-state index contributed by atoms with van der Waals surface area (Å²) in [6.07, 6.45) is -1.77. The van der Waals surface area contributed by atoms with Crippen LogP contribution in [0.3, 0.4) is 0 Å². The van der Waals surface area contributed by atoms with Crippen LogP contribution in [0, 0.1) is 0 Å². The molecule has 10 heteroatoms. The topological polar surface area (TPSA) is 143 Å². The van der Waals surface area contributed by atoms with E-state index in [1.54, 1.807) is 24.3 Å². The summed E-state index contributed by atoms with van der Waals surface area (Å²) in [6, 6.07) is 8.65. The van der Waals surface area contributed by atoms with E-state index in [9.17, 15) is 20.1 Å². The molecule has 4 rings (SSSR count). The van der Waals surface area contributed by atoms with E-state index in [-0.39, 0.29) is 11.7 Å². The Morgan fingerprint density at radius 2 is 1.93 bits per heavy atom. The van der Waals surface area contributed by atoms with Gasteiger partial charge in [-0.25, -0.2) is 15.0 Å². The first-order chi connectivity index (χ1) is 13.1. The van der Waals surface area contributed by atoms with Gasteiger partial charge >= 0.3 is 0 Å². The minimum Gasteiger partial charge on any atom is -0.394 e. The third-order valence-electron chi connectivity index (χ3n) is 4.42. The van der Waals surface area contributed by atoms with Crippen molar-refractivity contribution >= 4 is 22.9 Å². The number of carbonyl (C=O) groups excluding carboxylic acids is 1. The lowest BCUT2D eigenvalue weighted by Crippen LogP contribution is -2.33. The third-order valence-corrected chi connectivity index (χ3v) is 4.42. The normalized spacial score (nSPS) is 25.0. The number of rotatable bonds is 4. The second-order valence-corrected chi connectivity index (χ2v) is 6.10. The molecule has 4 atom stereocenters. The van der Waals surface area contributed by atoms with Gasteiger partial charge in [0, 0.05) is 5.56 Å². The maximum absolute atomic E-state index is 12.4. The summed E-state index contributed by atoms with van der Waals surface area (Å²) in [4.78, 5) is 24.8. The lowest BCUT2D eigenvalue weighted by atomic mass is 10.2. The maximum atomic E-state index is 12.4. The molecule has 3 aromatic rings. The van der Waals surface area contributed by atoms with E-state index in [1.807, 2.05) is 6.07 Å². The molecule has 1 aliphatic rings. The van der Waals surface area contributed by atoms with E-state index in [0.29, 0.717) is 16.7 Å². The fraction of sp³-hybridized carbons (Fsp3) is 0.294. The monoisotopic (exact) mass is 377 g/mol. The first-order valence-corrected chi connectivity index (χ1v) is 8.26. The number of nitrogens with one attached hydrogen (secondary N) is 1. The third kappa shape index (κ3) is 3.04. The van der Waals surface area contributed by atoms with E-state index in [2.05, 4.69) is 20.3 Å². The van der Waals surface area contributed by atoms with Crippen LogP contribution in [-0.4, -0.2) is 65.7 Å². The van der Waals surface area contributed by atoms with Crippen molar-refractivity contribution in [2.45, 2.75) is 24.5 Å². The molecule has 4 N–H and O–H groups in total. The smallest absolute Gasteiger partial charge is 0.256 e. The number of benzene rings is 1. The Hall–Kier alpha value is -2.92. The zero-order chi connectivity index (χ0) is 19.0. The first kappa shape index (κ1) is 17.5. The van der Waals surface area contributed by atoms with Crippen LogP contribution in [0.5, 0.6) is 0 Å². The highest BCUT2D eigenvalue weighted by molar-refractivity contribution is 6.06. The second-order valence-electron chi connectivity index (χ2n) is 6.10. The summed E-state index contributed by atoms with van der Waals surface area (Å²) >= 11 is 0. The van der Waals surface area contributed by atoms with Gasteiger partial charge < -0.3 is 25.4 Å². The van der Waals surface area contributed by atoms with Gasteiger partial charge in [0.05, 0.1) is 12.9 Å². The number of fused-ring (bicyclic) bond motifs is 1. The number of ether oxygens (including phenoxy) is 1. The van der Waals surface area contributed by atoms with Gasteiger partial charge in [0.25, 0.3) is 5.91 Å². The predicted molar refractivity (Wildman–Crippen MR) is 92.7 cm³/mol. The number of nitrogens with zero attached hydrogens (tertiary/aromatic N) is 4. The maximum Gasteiger partial charge on any atom is 0.256 e. The van der Waals surface area contributed by atoms with Crippen LogP contribution >= 0.6 is 0 Å². The van der Waals surface area contributed by atoms with Crippen molar-refractivity contribution in [3.63, 3.8) is 0 Å². The first-order valence-electron chi connectivity index (χ1n) is 8.26. The summed E-state index contributed by atoms with van der Waals surface area (Å²) in [5.41, 5.74) is 1.08. The van der Waals surface area contributed by atoms with Crippen LogP contribution in [0.2, 0.25) is 0 Å². The minimum atomic E-state index is -1.27. The molecular weight excluding hydrogens is 360 g/mol. The van der Waals surface area contributed by atoms with Crippen LogP contribution in [0.1, 0.15) is 16.6 Å². The van der Waals surface area contributed by atoms with Crippen LogP contribution in [0.15, 0.2) is 43.0 Å².